The predicted octanol–water partition coefficient (Wildman–Crippen LogP) is -2.52. The molecular weight excluding hydrogens is 247 g/mol. The van der Waals surface area contributed by atoms with Crippen LogP contribution in [0.5, 0.6) is 0 Å². The van der Waals surface area contributed by atoms with Crippen molar-refractivity contribution in [1.29, 1.82) is 0 Å². The number of carboxylic acids is 1. The molecule has 1 aromatic heterocycles. The van der Waals surface area contributed by atoms with E-state index in [4.69, 9.17) is 5.11 Å². The Bertz CT molecular complexity index is 219. The first-order valence-electron chi connectivity index (χ1n) is 2.45. The van der Waals surface area contributed by atoms with E-state index in [1.165, 1.54) is 12.3 Å². The van der Waals surface area contributed by atoms with Gasteiger partial charge in [-0.25, -0.2) is 9.78 Å². The number of pyridine rings is 1. The van der Waals surface area contributed by atoms with E-state index in [1.807, 2.05) is 0 Å². The molecule has 80 valence electrons. The molecule has 0 saturated heterocycles. The first-order valence-corrected chi connectivity index (χ1v) is 2.45. The molecule has 0 saturated carbocycles. The molecule has 0 aromatic carbocycles. The molecule has 0 aliphatic heterocycles. The molecule has 0 aliphatic carbocycles. The maximum atomic E-state index is 10.1. The maximum Gasteiger partial charge on any atom is 0.354 e. The van der Waals surface area contributed by atoms with E-state index < -0.39 is 5.97 Å². The summed E-state index contributed by atoms with van der Waals surface area (Å²) in [6, 6.07) is 4.76. The number of aromatic nitrogens is 1. The summed E-state index contributed by atoms with van der Waals surface area (Å²) >= 11 is 0. The number of hydrogen-bond donors (Lipinski definition) is 1. The number of rotatable bonds is 1. The van der Waals surface area contributed by atoms with Gasteiger partial charge in [0, 0.05) is 25.7 Å². The minimum Gasteiger partial charge on any atom is -0.477 e. The van der Waals surface area contributed by atoms with Crippen molar-refractivity contribution >= 4 is 5.97 Å². The second-order valence-electron chi connectivity index (χ2n) is 1.52. The van der Waals surface area contributed by atoms with E-state index in [1.54, 1.807) is 12.1 Å². The zero-order valence-electron chi connectivity index (χ0n) is 7.32. The summed E-state index contributed by atoms with van der Waals surface area (Å²) < 4.78 is 0. The summed E-state index contributed by atoms with van der Waals surface area (Å²) in [7, 11) is 0. The molecule has 0 atom stereocenters. The molecule has 0 radical (unpaired) electrons. The fraction of sp³-hybridized carbons (Fsp3) is 0. The molecule has 9 N–H and O–H groups in total. The van der Waals surface area contributed by atoms with E-state index in [9.17, 15) is 4.79 Å². The van der Waals surface area contributed by atoms with Gasteiger partial charge in [-0.15, -0.1) is 0 Å². The van der Waals surface area contributed by atoms with Crippen molar-refractivity contribution in [2.45, 2.75) is 0 Å². The number of carboxylic acid groups (broad SMARTS) is 1. The Kier molecular flexibility index (Phi) is 30.5. The van der Waals surface area contributed by atoms with Crippen LogP contribution >= 0.6 is 0 Å². The monoisotopic (exact) mass is 259 g/mol. The number of carbonyl (C=O) groups is 1. The van der Waals surface area contributed by atoms with Crippen molar-refractivity contribution in [3.8, 4) is 0 Å². The van der Waals surface area contributed by atoms with Gasteiger partial charge in [0.05, 0.1) is 0 Å². The SMILES string of the molecule is O.O.O.O.O=C(O)c1ccccn1.[Zn]. The summed E-state index contributed by atoms with van der Waals surface area (Å²) in [6.07, 6.45) is 1.45. The first kappa shape index (κ1) is 29.2. The van der Waals surface area contributed by atoms with Crippen molar-refractivity contribution in [3.63, 3.8) is 0 Å². The molecule has 0 unspecified atom stereocenters. The second-order valence-corrected chi connectivity index (χ2v) is 1.52. The predicted molar refractivity (Wildman–Crippen MR) is 45.7 cm³/mol. The Labute approximate surface area is 92.8 Å². The fourth-order valence-corrected chi connectivity index (χ4v) is 0.489. The van der Waals surface area contributed by atoms with Gasteiger partial charge in [-0.1, -0.05) is 6.07 Å². The second kappa shape index (κ2) is 14.6. The van der Waals surface area contributed by atoms with Crippen LogP contribution in [0.3, 0.4) is 0 Å². The van der Waals surface area contributed by atoms with Crippen LogP contribution in [0.15, 0.2) is 24.4 Å². The van der Waals surface area contributed by atoms with Crippen LogP contribution in [0.4, 0.5) is 0 Å². The third-order valence-corrected chi connectivity index (χ3v) is 0.884. The van der Waals surface area contributed by atoms with E-state index in [0.717, 1.165) is 0 Å². The van der Waals surface area contributed by atoms with Gasteiger partial charge in [0.15, 0.2) is 0 Å². The van der Waals surface area contributed by atoms with Crippen LogP contribution in [-0.2, 0) is 19.5 Å². The average Bonchev–Trinajstić information content (AvgIpc) is 1.90. The van der Waals surface area contributed by atoms with Crippen LogP contribution in [0.2, 0.25) is 0 Å². The molecule has 0 amide bonds. The van der Waals surface area contributed by atoms with E-state index in [2.05, 4.69) is 4.98 Å². The van der Waals surface area contributed by atoms with E-state index in [0.29, 0.717) is 0 Å². The largest absolute Gasteiger partial charge is 0.477 e. The van der Waals surface area contributed by atoms with Gasteiger partial charge in [-0.3, -0.25) is 0 Å². The number of nitrogens with zero attached hydrogens (tertiary/aromatic N) is 1. The normalized spacial score (nSPS) is 5.71. The Hall–Kier alpha value is -0.917. The molecular formula is C6H13NO6Zn. The first-order chi connectivity index (χ1) is 4.30. The van der Waals surface area contributed by atoms with Gasteiger partial charge >= 0.3 is 5.97 Å². The Morgan fingerprint density at radius 1 is 1.14 bits per heavy atom. The Balaban J connectivity index is -0.0000000540. The summed E-state index contributed by atoms with van der Waals surface area (Å²) in [4.78, 5) is 13.7. The maximum absolute atomic E-state index is 10.1. The van der Waals surface area contributed by atoms with E-state index >= 15 is 0 Å². The van der Waals surface area contributed by atoms with Gasteiger partial charge in [0.1, 0.15) is 5.69 Å². The standard InChI is InChI=1S/C6H5NO2.4H2O.Zn/c8-6(9)5-3-1-2-4-7-5;;;;;/h1-4H,(H,8,9);4*1H2;. The van der Waals surface area contributed by atoms with Crippen LogP contribution in [0, 0.1) is 0 Å². The summed E-state index contributed by atoms with van der Waals surface area (Å²) in [5.74, 6) is -0.990. The molecule has 1 rings (SSSR count). The third kappa shape index (κ3) is 9.17. The van der Waals surface area contributed by atoms with Crippen molar-refractivity contribution in [3.05, 3.63) is 30.1 Å². The van der Waals surface area contributed by atoms with Crippen LogP contribution in [-0.4, -0.2) is 38.0 Å². The van der Waals surface area contributed by atoms with Crippen LogP contribution in [0.1, 0.15) is 10.5 Å². The quantitative estimate of drug-likeness (QED) is 0.549. The summed E-state index contributed by atoms with van der Waals surface area (Å²) in [6.45, 7) is 0. The van der Waals surface area contributed by atoms with Crippen LogP contribution in [0.25, 0.3) is 0 Å². The Morgan fingerprint density at radius 3 is 1.86 bits per heavy atom. The zero-order valence-corrected chi connectivity index (χ0v) is 10.3. The van der Waals surface area contributed by atoms with Crippen molar-refractivity contribution < 1.29 is 51.3 Å². The number of aromatic carboxylic acids is 1. The molecule has 0 bridgehead atoms. The van der Waals surface area contributed by atoms with Gasteiger partial charge in [-0.05, 0) is 12.1 Å². The number of hydrogen-bond acceptors (Lipinski definition) is 2. The van der Waals surface area contributed by atoms with Gasteiger partial charge in [-0.2, -0.15) is 0 Å². The molecule has 8 heteroatoms. The smallest absolute Gasteiger partial charge is 0.354 e. The van der Waals surface area contributed by atoms with Crippen molar-refractivity contribution in [2.75, 3.05) is 0 Å². The van der Waals surface area contributed by atoms with Crippen molar-refractivity contribution in [1.82, 2.24) is 4.98 Å². The van der Waals surface area contributed by atoms with Crippen LogP contribution < -0.4 is 0 Å². The molecule has 1 aromatic rings. The Morgan fingerprint density at radius 2 is 1.64 bits per heavy atom. The molecule has 0 fully saturated rings. The molecule has 14 heavy (non-hydrogen) atoms. The van der Waals surface area contributed by atoms with Gasteiger partial charge in [0.25, 0.3) is 0 Å². The molecule has 0 spiro atoms. The summed E-state index contributed by atoms with van der Waals surface area (Å²) in [5, 5.41) is 8.32. The molecule has 1 heterocycles. The minimum atomic E-state index is -0.990. The third-order valence-electron chi connectivity index (χ3n) is 0.884. The minimum absolute atomic E-state index is 0. The average molecular weight is 261 g/mol. The zero-order chi connectivity index (χ0) is 6.69. The topological polar surface area (TPSA) is 176 Å². The van der Waals surface area contributed by atoms with E-state index in [-0.39, 0.29) is 47.1 Å². The molecule has 0 aliphatic rings. The fourth-order valence-electron chi connectivity index (χ4n) is 0.489. The van der Waals surface area contributed by atoms with Gasteiger partial charge in [0.2, 0.25) is 0 Å². The molecule has 7 nitrogen and oxygen atoms in total. The van der Waals surface area contributed by atoms with Gasteiger partial charge < -0.3 is 27.0 Å². The summed E-state index contributed by atoms with van der Waals surface area (Å²) in [5.41, 5.74) is 0.0810. The van der Waals surface area contributed by atoms with Crippen molar-refractivity contribution in [2.24, 2.45) is 0 Å².